The Morgan fingerprint density at radius 2 is 2.23 bits per heavy atom. The van der Waals surface area contributed by atoms with Crippen molar-refractivity contribution in [2.24, 2.45) is 0 Å². The SMILES string of the molecule is O=S(=O)(O)c1ncccc1OCO. The summed E-state index contributed by atoms with van der Waals surface area (Å²) in [5.41, 5.74) is 0. The van der Waals surface area contributed by atoms with Gasteiger partial charge in [0.1, 0.15) is 0 Å². The Balaban J connectivity index is 3.20. The van der Waals surface area contributed by atoms with Crippen LogP contribution in [0.15, 0.2) is 23.4 Å². The van der Waals surface area contributed by atoms with Crippen molar-refractivity contribution in [1.29, 1.82) is 0 Å². The van der Waals surface area contributed by atoms with Gasteiger partial charge < -0.3 is 9.84 Å². The lowest BCUT2D eigenvalue weighted by Crippen LogP contribution is -2.06. The van der Waals surface area contributed by atoms with Crippen LogP contribution in [0.4, 0.5) is 0 Å². The minimum Gasteiger partial charge on any atom is -0.465 e. The number of aliphatic hydroxyl groups is 1. The van der Waals surface area contributed by atoms with E-state index in [0.717, 1.165) is 0 Å². The van der Waals surface area contributed by atoms with Gasteiger partial charge in [0, 0.05) is 6.20 Å². The molecule has 0 amide bonds. The first kappa shape index (κ1) is 9.90. The molecule has 7 heteroatoms. The summed E-state index contributed by atoms with van der Waals surface area (Å²) in [4.78, 5) is 3.39. The maximum Gasteiger partial charge on any atom is 0.315 e. The zero-order chi connectivity index (χ0) is 9.90. The monoisotopic (exact) mass is 205 g/mol. The summed E-state index contributed by atoms with van der Waals surface area (Å²) < 4.78 is 34.5. The molecule has 0 unspecified atom stereocenters. The molecular formula is C6H7NO5S. The second-order valence-corrected chi connectivity index (χ2v) is 3.39. The highest BCUT2D eigenvalue weighted by Gasteiger charge is 2.17. The van der Waals surface area contributed by atoms with Gasteiger partial charge in [-0.1, -0.05) is 0 Å². The number of hydrogen-bond acceptors (Lipinski definition) is 5. The lowest BCUT2D eigenvalue weighted by Gasteiger charge is -2.04. The van der Waals surface area contributed by atoms with Gasteiger partial charge in [0.2, 0.25) is 5.03 Å². The molecule has 2 N–H and O–H groups in total. The van der Waals surface area contributed by atoms with Crippen molar-refractivity contribution in [2.75, 3.05) is 6.79 Å². The normalized spacial score (nSPS) is 11.2. The lowest BCUT2D eigenvalue weighted by atomic mass is 10.5. The van der Waals surface area contributed by atoms with Crippen molar-refractivity contribution < 1.29 is 22.8 Å². The average molecular weight is 205 g/mol. The van der Waals surface area contributed by atoms with E-state index in [4.69, 9.17) is 9.66 Å². The molecule has 0 aliphatic rings. The van der Waals surface area contributed by atoms with Crippen LogP contribution in [0.5, 0.6) is 5.75 Å². The van der Waals surface area contributed by atoms with Gasteiger partial charge in [-0.05, 0) is 12.1 Å². The Hall–Kier alpha value is -1.18. The molecule has 0 fully saturated rings. The van der Waals surface area contributed by atoms with Gasteiger partial charge in [0.15, 0.2) is 12.5 Å². The molecule has 0 aliphatic heterocycles. The molecule has 13 heavy (non-hydrogen) atoms. The first-order chi connectivity index (χ1) is 6.05. The molecule has 0 saturated heterocycles. The van der Waals surface area contributed by atoms with E-state index >= 15 is 0 Å². The van der Waals surface area contributed by atoms with Crippen LogP contribution in [0.3, 0.4) is 0 Å². The average Bonchev–Trinajstić information content (AvgIpc) is 2.04. The number of aliphatic hydroxyl groups excluding tert-OH is 1. The maximum absolute atomic E-state index is 10.7. The summed E-state index contributed by atoms with van der Waals surface area (Å²) in [6.45, 7) is -0.686. The van der Waals surface area contributed by atoms with Gasteiger partial charge in [0.05, 0.1) is 0 Å². The lowest BCUT2D eigenvalue weighted by molar-refractivity contribution is 0.0948. The second kappa shape index (κ2) is 3.69. The van der Waals surface area contributed by atoms with E-state index in [1.807, 2.05) is 0 Å². The molecule has 0 aliphatic carbocycles. The molecule has 0 aromatic carbocycles. The molecular weight excluding hydrogens is 198 g/mol. The highest BCUT2D eigenvalue weighted by Crippen LogP contribution is 2.19. The van der Waals surface area contributed by atoms with E-state index in [1.165, 1.54) is 18.3 Å². The highest BCUT2D eigenvalue weighted by atomic mass is 32.2. The van der Waals surface area contributed by atoms with Crippen molar-refractivity contribution in [3.05, 3.63) is 18.3 Å². The first-order valence-electron chi connectivity index (χ1n) is 3.22. The van der Waals surface area contributed by atoms with Crippen molar-refractivity contribution >= 4 is 10.1 Å². The summed E-state index contributed by atoms with van der Waals surface area (Å²) in [5.74, 6) is -0.187. The van der Waals surface area contributed by atoms with Crippen LogP contribution in [0.25, 0.3) is 0 Å². The zero-order valence-corrected chi connectivity index (χ0v) is 7.23. The molecule has 1 heterocycles. The molecule has 72 valence electrons. The van der Waals surface area contributed by atoms with Crippen LogP contribution in [-0.4, -0.2) is 29.9 Å². The predicted molar refractivity (Wildman–Crippen MR) is 41.8 cm³/mol. The van der Waals surface area contributed by atoms with Crippen molar-refractivity contribution in [2.45, 2.75) is 5.03 Å². The molecule has 6 nitrogen and oxygen atoms in total. The van der Waals surface area contributed by atoms with Crippen molar-refractivity contribution in [1.82, 2.24) is 4.98 Å². The van der Waals surface area contributed by atoms with Crippen LogP contribution in [0, 0.1) is 0 Å². The van der Waals surface area contributed by atoms with E-state index in [2.05, 4.69) is 9.72 Å². The van der Waals surface area contributed by atoms with Crippen molar-refractivity contribution in [3.63, 3.8) is 0 Å². The Labute approximate surface area is 74.6 Å². The summed E-state index contributed by atoms with van der Waals surface area (Å²) in [6.07, 6.45) is 1.19. The van der Waals surface area contributed by atoms with Gasteiger partial charge in [-0.3, -0.25) is 4.55 Å². The summed E-state index contributed by atoms with van der Waals surface area (Å²) in [7, 11) is -4.40. The predicted octanol–water partition coefficient (Wildman–Crippen LogP) is -0.343. The first-order valence-corrected chi connectivity index (χ1v) is 4.66. The minimum absolute atomic E-state index is 0.187. The van der Waals surface area contributed by atoms with E-state index in [-0.39, 0.29) is 5.75 Å². The smallest absolute Gasteiger partial charge is 0.315 e. The van der Waals surface area contributed by atoms with Crippen LogP contribution in [0.1, 0.15) is 0 Å². The molecule has 0 bridgehead atoms. The van der Waals surface area contributed by atoms with E-state index in [9.17, 15) is 8.42 Å². The van der Waals surface area contributed by atoms with Gasteiger partial charge in [0.25, 0.3) is 0 Å². The van der Waals surface area contributed by atoms with Crippen LogP contribution in [0.2, 0.25) is 0 Å². The summed E-state index contributed by atoms with van der Waals surface area (Å²) >= 11 is 0. The van der Waals surface area contributed by atoms with E-state index < -0.39 is 21.9 Å². The third-order valence-electron chi connectivity index (χ3n) is 1.20. The second-order valence-electron chi connectivity index (χ2n) is 2.06. The molecule has 0 radical (unpaired) electrons. The minimum atomic E-state index is -4.40. The maximum atomic E-state index is 10.7. The number of nitrogens with zero attached hydrogens (tertiary/aromatic N) is 1. The molecule has 0 atom stereocenters. The molecule has 0 saturated carbocycles. The third-order valence-corrected chi connectivity index (χ3v) is 2.00. The van der Waals surface area contributed by atoms with Crippen LogP contribution >= 0.6 is 0 Å². The summed E-state index contributed by atoms with van der Waals surface area (Å²) in [5, 5.41) is 7.78. The van der Waals surface area contributed by atoms with E-state index in [1.54, 1.807) is 0 Å². The van der Waals surface area contributed by atoms with E-state index in [0.29, 0.717) is 0 Å². The fourth-order valence-corrected chi connectivity index (χ4v) is 1.32. The van der Waals surface area contributed by atoms with Crippen LogP contribution < -0.4 is 4.74 Å². The number of hydrogen-bond donors (Lipinski definition) is 2. The number of rotatable bonds is 3. The Morgan fingerprint density at radius 1 is 1.54 bits per heavy atom. The number of pyridine rings is 1. The standard InChI is InChI=1S/C6H7NO5S/c8-4-12-5-2-1-3-7-6(5)13(9,10)11/h1-3,8H,4H2,(H,9,10,11). The van der Waals surface area contributed by atoms with Crippen LogP contribution in [-0.2, 0) is 10.1 Å². The van der Waals surface area contributed by atoms with Gasteiger partial charge >= 0.3 is 10.1 Å². The Kier molecular flexibility index (Phi) is 2.81. The third kappa shape index (κ3) is 2.38. The topological polar surface area (TPSA) is 96.7 Å². The largest absolute Gasteiger partial charge is 0.465 e. The fraction of sp³-hybridized carbons (Fsp3) is 0.167. The molecule has 0 spiro atoms. The Morgan fingerprint density at radius 3 is 2.77 bits per heavy atom. The van der Waals surface area contributed by atoms with Crippen molar-refractivity contribution in [3.8, 4) is 5.75 Å². The number of aromatic nitrogens is 1. The fourth-order valence-electron chi connectivity index (χ4n) is 0.749. The number of ether oxygens (including phenoxy) is 1. The zero-order valence-electron chi connectivity index (χ0n) is 6.41. The Bertz CT molecular complexity index is 388. The highest BCUT2D eigenvalue weighted by molar-refractivity contribution is 7.85. The molecule has 1 aromatic rings. The van der Waals surface area contributed by atoms with Gasteiger partial charge in [-0.15, -0.1) is 0 Å². The molecule has 1 aromatic heterocycles. The van der Waals surface area contributed by atoms with Gasteiger partial charge in [-0.2, -0.15) is 8.42 Å². The van der Waals surface area contributed by atoms with Gasteiger partial charge in [-0.25, -0.2) is 4.98 Å². The molecule has 1 rings (SSSR count). The summed E-state index contributed by atoms with van der Waals surface area (Å²) in [6, 6.07) is 2.69. The quantitative estimate of drug-likeness (QED) is 0.517.